The Labute approximate surface area is 313 Å². The SMILES string of the molecule is C[C@H]1CN(C)C2(CCN(Cc3cccc(-c4ccccc4)c3)CC2)COC(=O)C(C)(C)C(=O)[C@H](C)[C@@H](O[C@@H]2O[C@H](C)C[C@H](N(C)C)[C@H]2O)C(C)(C)C1. The number of carbonyl (C=O) groups excluding carboxylic acids is 2. The maximum atomic E-state index is 14.4. The topological polar surface area (TPSA) is 91.8 Å². The van der Waals surface area contributed by atoms with Crippen molar-refractivity contribution in [2.45, 2.75) is 117 Å². The van der Waals surface area contributed by atoms with Crippen LogP contribution in [0.2, 0.25) is 0 Å². The van der Waals surface area contributed by atoms with Crippen LogP contribution >= 0.6 is 0 Å². The third-order valence-corrected chi connectivity index (χ3v) is 12.3. The van der Waals surface area contributed by atoms with E-state index in [0.29, 0.717) is 6.42 Å². The monoisotopic (exact) mass is 719 g/mol. The van der Waals surface area contributed by atoms with Gasteiger partial charge in [0, 0.05) is 38.1 Å². The van der Waals surface area contributed by atoms with Crippen molar-refractivity contribution in [3.63, 3.8) is 0 Å². The van der Waals surface area contributed by atoms with Crippen LogP contribution in [0.1, 0.15) is 79.7 Å². The zero-order valence-corrected chi connectivity index (χ0v) is 33.4. The van der Waals surface area contributed by atoms with E-state index in [1.54, 1.807) is 13.8 Å². The quantitative estimate of drug-likeness (QED) is 0.274. The molecule has 2 aromatic rings. The van der Waals surface area contributed by atoms with Gasteiger partial charge in [-0.3, -0.25) is 19.4 Å². The van der Waals surface area contributed by atoms with E-state index < -0.39 is 41.2 Å². The molecule has 5 rings (SSSR count). The van der Waals surface area contributed by atoms with E-state index in [4.69, 9.17) is 14.2 Å². The van der Waals surface area contributed by atoms with Gasteiger partial charge in [-0.05, 0) is 102 Å². The van der Waals surface area contributed by atoms with Crippen molar-refractivity contribution < 1.29 is 28.9 Å². The summed E-state index contributed by atoms with van der Waals surface area (Å²) in [6.07, 6.45) is 0.664. The number of cyclic esters (lactones) is 1. The maximum Gasteiger partial charge on any atom is 0.319 e. The average molecular weight is 720 g/mol. The van der Waals surface area contributed by atoms with Crippen molar-refractivity contribution in [2.75, 3.05) is 47.4 Å². The first kappa shape index (κ1) is 40.5. The summed E-state index contributed by atoms with van der Waals surface area (Å²) in [7, 11) is 6.07. The number of piperidine rings is 1. The molecule has 1 N–H and O–H groups in total. The predicted molar refractivity (Wildman–Crippen MR) is 206 cm³/mol. The van der Waals surface area contributed by atoms with Gasteiger partial charge in [0.15, 0.2) is 12.1 Å². The molecule has 0 radical (unpaired) electrons. The van der Waals surface area contributed by atoms with Crippen molar-refractivity contribution in [3.8, 4) is 11.1 Å². The van der Waals surface area contributed by atoms with E-state index >= 15 is 0 Å². The van der Waals surface area contributed by atoms with Crippen LogP contribution in [0.3, 0.4) is 0 Å². The maximum absolute atomic E-state index is 14.4. The van der Waals surface area contributed by atoms with E-state index in [1.807, 2.05) is 38.9 Å². The predicted octanol–water partition coefficient (Wildman–Crippen LogP) is 6.27. The molecule has 0 amide bonds. The number of esters is 1. The number of hydrogen-bond acceptors (Lipinski definition) is 9. The van der Waals surface area contributed by atoms with Crippen LogP contribution in [0, 0.1) is 22.7 Å². The van der Waals surface area contributed by atoms with Crippen molar-refractivity contribution >= 4 is 11.8 Å². The van der Waals surface area contributed by atoms with Gasteiger partial charge in [-0.25, -0.2) is 0 Å². The Kier molecular flexibility index (Phi) is 12.8. The minimum absolute atomic E-state index is 0.120. The first-order valence-electron chi connectivity index (χ1n) is 19.4. The molecule has 9 nitrogen and oxygen atoms in total. The van der Waals surface area contributed by atoms with Crippen molar-refractivity contribution in [1.82, 2.24) is 14.7 Å². The minimum atomic E-state index is -1.38. The van der Waals surface area contributed by atoms with Gasteiger partial charge in [0.1, 0.15) is 18.1 Å². The number of likely N-dealkylation sites (tertiary alicyclic amines) is 1. The van der Waals surface area contributed by atoms with E-state index in [0.717, 1.165) is 45.4 Å². The lowest BCUT2D eigenvalue weighted by Gasteiger charge is -2.48. The molecule has 0 aromatic heterocycles. The zero-order chi connectivity index (χ0) is 38.0. The summed E-state index contributed by atoms with van der Waals surface area (Å²) in [6.45, 7) is 17.4. The largest absolute Gasteiger partial charge is 0.463 e. The van der Waals surface area contributed by atoms with Gasteiger partial charge in [-0.1, -0.05) is 76.2 Å². The molecule has 288 valence electrons. The number of ketones is 1. The average Bonchev–Trinajstić information content (AvgIpc) is 3.10. The summed E-state index contributed by atoms with van der Waals surface area (Å²) in [5.74, 6) is -1.12. The molecular weight excluding hydrogens is 654 g/mol. The Bertz CT molecular complexity index is 1500. The minimum Gasteiger partial charge on any atom is -0.463 e. The number of Topliss-reactive ketones (excluding diaryl/α,β-unsaturated/α-hetero) is 1. The number of nitrogens with zero attached hydrogens (tertiary/aromatic N) is 3. The van der Waals surface area contributed by atoms with Crippen LogP contribution in [0.5, 0.6) is 0 Å². The van der Waals surface area contributed by atoms with Gasteiger partial charge in [0.2, 0.25) is 0 Å². The fourth-order valence-electron chi connectivity index (χ4n) is 9.21. The third kappa shape index (κ3) is 8.99. The van der Waals surface area contributed by atoms with E-state index in [1.165, 1.54) is 16.7 Å². The fourth-order valence-corrected chi connectivity index (χ4v) is 9.21. The molecule has 3 aliphatic heterocycles. The standard InChI is InChI=1S/C43H65N3O6/c1-29-25-41(4,5)38(52-39-36(47)35(44(8)9)23-30(2)51-39)31(3)37(48)42(6,7)40(49)50-28-43(45(10)26-29)19-21-46(22-20-43)27-32-15-14-18-34(24-32)33-16-12-11-13-17-33/h11-18,24,29-31,35-36,38-39,47H,19-23,25-28H2,1-10H3/t29-,30-,31+,35+,36-,38-,39+/m1/s1. The molecule has 52 heavy (non-hydrogen) atoms. The number of benzene rings is 2. The van der Waals surface area contributed by atoms with E-state index in [-0.39, 0.29) is 36.0 Å². The first-order chi connectivity index (χ1) is 24.4. The van der Waals surface area contributed by atoms with Gasteiger partial charge in [0.25, 0.3) is 0 Å². The van der Waals surface area contributed by atoms with Crippen LogP contribution in [0.4, 0.5) is 0 Å². The molecular formula is C43H65N3O6. The first-order valence-corrected chi connectivity index (χ1v) is 19.4. The second kappa shape index (κ2) is 16.4. The Hall–Kier alpha value is -2.66. The highest BCUT2D eigenvalue weighted by molar-refractivity contribution is 6.04. The second-order valence-electron chi connectivity index (χ2n) is 17.7. The number of likely N-dealkylation sites (N-methyl/N-ethyl adjacent to an activating group) is 2. The molecule has 3 aliphatic rings. The molecule has 9 heteroatoms. The summed E-state index contributed by atoms with van der Waals surface area (Å²) < 4.78 is 19.1. The molecule has 0 unspecified atom stereocenters. The summed E-state index contributed by atoms with van der Waals surface area (Å²) in [5, 5.41) is 11.4. The summed E-state index contributed by atoms with van der Waals surface area (Å²) in [6, 6.07) is 19.1. The highest BCUT2D eigenvalue weighted by Crippen LogP contribution is 2.42. The molecule has 3 saturated heterocycles. The lowest BCUT2D eigenvalue weighted by molar-refractivity contribution is -0.285. The molecule has 0 aliphatic carbocycles. The summed E-state index contributed by atoms with van der Waals surface area (Å²) in [4.78, 5) is 35.2. The summed E-state index contributed by atoms with van der Waals surface area (Å²) in [5.41, 5.74) is 1.51. The molecule has 3 heterocycles. The Morgan fingerprint density at radius 1 is 0.942 bits per heavy atom. The van der Waals surface area contributed by atoms with Gasteiger partial charge < -0.3 is 24.2 Å². The van der Waals surface area contributed by atoms with Crippen LogP contribution in [0.15, 0.2) is 54.6 Å². The van der Waals surface area contributed by atoms with Crippen molar-refractivity contribution in [1.29, 1.82) is 0 Å². The second-order valence-corrected chi connectivity index (χ2v) is 17.7. The molecule has 7 atom stereocenters. The molecule has 2 aromatic carbocycles. The fraction of sp³-hybridized carbons (Fsp3) is 0.674. The summed E-state index contributed by atoms with van der Waals surface area (Å²) >= 11 is 0. The third-order valence-electron chi connectivity index (χ3n) is 12.3. The van der Waals surface area contributed by atoms with Gasteiger partial charge >= 0.3 is 5.97 Å². The molecule has 0 bridgehead atoms. The Morgan fingerprint density at radius 3 is 2.25 bits per heavy atom. The molecule has 0 saturated carbocycles. The van der Waals surface area contributed by atoms with Gasteiger partial charge in [-0.2, -0.15) is 0 Å². The molecule has 1 spiro atoms. The molecule has 3 fully saturated rings. The van der Waals surface area contributed by atoms with Crippen molar-refractivity contribution in [2.24, 2.45) is 22.7 Å². The van der Waals surface area contributed by atoms with Crippen LogP contribution in [0.25, 0.3) is 11.1 Å². The Balaban J connectivity index is 1.35. The highest BCUT2D eigenvalue weighted by Gasteiger charge is 2.51. The van der Waals surface area contributed by atoms with E-state index in [9.17, 15) is 14.7 Å². The van der Waals surface area contributed by atoms with Gasteiger partial charge in [-0.15, -0.1) is 0 Å². The Morgan fingerprint density at radius 2 is 1.60 bits per heavy atom. The van der Waals surface area contributed by atoms with E-state index in [2.05, 4.69) is 86.1 Å². The lowest BCUT2D eigenvalue weighted by Crippen LogP contribution is -2.58. The number of ether oxygens (including phenoxy) is 3. The van der Waals surface area contributed by atoms with Crippen molar-refractivity contribution in [3.05, 3.63) is 60.2 Å². The lowest BCUT2D eigenvalue weighted by atomic mass is 9.69. The number of aliphatic hydroxyl groups is 1. The number of carbonyl (C=O) groups is 2. The zero-order valence-electron chi connectivity index (χ0n) is 33.4. The number of hydrogen-bond donors (Lipinski definition) is 1. The smallest absolute Gasteiger partial charge is 0.319 e. The number of aliphatic hydroxyl groups excluding tert-OH is 1. The normalized spacial score (nSPS) is 32.1. The van der Waals surface area contributed by atoms with Crippen LogP contribution in [-0.4, -0.2) is 115 Å². The highest BCUT2D eigenvalue weighted by atomic mass is 16.7. The van der Waals surface area contributed by atoms with Gasteiger partial charge in [0.05, 0.1) is 17.7 Å². The van der Waals surface area contributed by atoms with Crippen LogP contribution in [-0.2, 0) is 30.3 Å². The van der Waals surface area contributed by atoms with Crippen LogP contribution < -0.4 is 0 Å². The number of rotatable bonds is 6.